The van der Waals surface area contributed by atoms with Crippen molar-refractivity contribution in [2.24, 2.45) is 0 Å². The van der Waals surface area contributed by atoms with Crippen molar-refractivity contribution >= 4 is 22.9 Å². The van der Waals surface area contributed by atoms with Crippen LogP contribution in [0.5, 0.6) is 0 Å². The van der Waals surface area contributed by atoms with Crippen molar-refractivity contribution in [1.29, 1.82) is 5.26 Å². The van der Waals surface area contributed by atoms with Gasteiger partial charge in [-0.05, 0) is 60.9 Å². The van der Waals surface area contributed by atoms with Crippen molar-refractivity contribution in [3.63, 3.8) is 0 Å². The average molecular weight is 621 g/mol. The molecule has 0 bridgehead atoms. The molecule has 11 heteroatoms. The Morgan fingerprint density at radius 1 is 0.915 bits per heavy atom. The number of anilines is 1. The predicted molar refractivity (Wildman–Crippen MR) is 179 cm³/mol. The number of rotatable bonds is 7. The molecule has 0 unspecified atom stereocenters. The molecule has 5 heterocycles. The molecule has 1 aliphatic rings. The minimum Gasteiger partial charge on any atom is -0.383 e. The third kappa shape index (κ3) is 6.02. The lowest BCUT2D eigenvalue weighted by molar-refractivity contribution is 0.0630. The fraction of sp³-hybridized carbons (Fsp3) is 0.194. The molecule has 1 fully saturated rings. The lowest BCUT2D eigenvalue weighted by atomic mass is 10.0. The number of pyridine rings is 2. The maximum atomic E-state index is 13.0. The number of hydrogen-bond acceptors (Lipinski definition) is 9. The zero-order valence-electron chi connectivity index (χ0n) is 25.9. The van der Waals surface area contributed by atoms with Crippen molar-refractivity contribution < 1.29 is 4.79 Å². The molecule has 2 aromatic carbocycles. The fourth-order valence-electron chi connectivity index (χ4n) is 6.11. The molecule has 11 nitrogen and oxygen atoms in total. The summed E-state index contributed by atoms with van der Waals surface area (Å²) in [7, 11) is 1.81. The molecule has 4 aromatic heterocycles. The van der Waals surface area contributed by atoms with Crippen LogP contribution in [0.1, 0.15) is 34.7 Å². The van der Waals surface area contributed by atoms with Crippen LogP contribution >= 0.6 is 0 Å². The minimum absolute atomic E-state index is 0.00283. The first kappa shape index (κ1) is 29.7. The zero-order valence-corrected chi connectivity index (χ0v) is 25.9. The zero-order chi connectivity index (χ0) is 32.3. The fourth-order valence-corrected chi connectivity index (χ4v) is 6.11. The van der Waals surface area contributed by atoms with Crippen LogP contribution in [0.3, 0.4) is 0 Å². The van der Waals surface area contributed by atoms with E-state index in [1.165, 1.54) is 11.8 Å². The van der Waals surface area contributed by atoms with Crippen LogP contribution in [0, 0.1) is 11.3 Å². The van der Waals surface area contributed by atoms with E-state index >= 15 is 0 Å². The maximum Gasteiger partial charge on any atom is 0.272 e. The Hall–Kier alpha value is -5.99. The molecule has 7 rings (SSSR count). The molecule has 2 N–H and O–H groups in total. The SMILES string of the molecule is CN(C(=O)c1ccnc(C#N)n1)C1CCN(Cc2ccc(-n3c(-c4cccnc4N)nc4ccc(-c5ccccc5)nc43)cc2)CC1. The number of aromatic nitrogens is 6. The molecule has 0 saturated carbocycles. The van der Waals surface area contributed by atoms with Crippen molar-refractivity contribution in [2.75, 3.05) is 25.9 Å². The molecule has 0 radical (unpaired) electrons. The lowest BCUT2D eigenvalue weighted by Crippen LogP contribution is -2.45. The Morgan fingerprint density at radius 2 is 1.70 bits per heavy atom. The highest BCUT2D eigenvalue weighted by molar-refractivity contribution is 5.92. The monoisotopic (exact) mass is 620 g/mol. The van der Waals surface area contributed by atoms with E-state index in [1.807, 2.05) is 60.7 Å². The Kier molecular flexibility index (Phi) is 8.08. The number of nitrogen functional groups attached to an aromatic ring is 1. The highest BCUT2D eigenvalue weighted by atomic mass is 16.2. The number of amides is 1. The second-order valence-corrected chi connectivity index (χ2v) is 11.6. The summed E-state index contributed by atoms with van der Waals surface area (Å²) in [6.45, 7) is 2.52. The van der Waals surface area contributed by atoms with Crippen molar-refractivity contribution in [2.45, 2.75) is 25.4 Å². The second kappa shape index (κ2) is 12.8. The van der Waals surface area contributed by atoms with Gasteiger partial charge in [0.25, 0.3) is 5.91 Å². The highest BCUT2D eigenvalue weighted by Gasteiger charge is 2.27. The number of nitriles is 1. The summed E-state index contributed by atoms with van der Waals surface area (Å²) in [6, 6.07) is 29.9. The van der Waals surface area contributed by atoms with Gasteiger partial charge in [-0.2, -0.15) is 5.26 Å². The van der Waals surface area contributed by atoms with E-state index in [-0.39, 0.29) is 23.5 Å². The number of piperidine rings is 1. The molecule has 232 valence electrons. The van der Waals surface area contributed by atoms with Gasteiger partial charge in [0.05, 0.1) is 11.3 Å². The lowest BCUT2D eigenvalue weighted by Gasteiger charge is -2.36. The van der Waals surface area contributed by atoms with E-state index in [0.717, 1.165) is 66.1 Å². The number of nitrogens with zero attached hydrogens (tertiary/aromatic N) is 9. The Bertz CT molecular complexity index is 2100. The topological polar surface area (TPSA) is 143 Å². The quantitative estimate of drug-likeness (QED) is 0.257. The van der Waals surface area contributed by atoms with Gasteiger partial charge in [-0.3, -0.25) is 14.3 Å². The van der Waals surface area contributed by atoms with Crippen LogP contribution in [0.25, 0.3) is 39.5 Å². The van der Waals surface area contributed by atoms with Gasteiger partial charge in [-0.15, -0.1) is 0 Å². The van der Waals surface area contributed by atoms with Crippen LogP contribution < -0.4 is 5.73 Å². The van der Waals surface area contributed by atoms with E-state index in [2.05, 4.69) is 48.7 Å². The van der Waals surface area contributed by atoms with Gasteiger partial charge >= 0.3 is 0 Å². The van der Waals surface area contributed by atoms with E-state index in [9.17, 15) is 4.79 Å². The molecule has 47 heavy (non-hydrogen) atoms. The predicted octanol–water partition coefficient (Wildman–Crippen LogP) is 5.13. The van der Waals surface area contributed by atoms with Gasteiger partial charge in [-0.1, -0.05) is 42.5 Å². The van der Waals surface area contributed by atoms with Crippen molar-refractivity contribution in [3.05, 3.63) is 114 Å². The third-order valence-corrected chi connectivity index (χ3v) is 8.65. The van der Waals surface area contributed by atoms with Crippen LogP contribution in [0.4, 0.5) is 5.82 Å². The largest absolute Gasteiger partial charge is 0.383 e. The average Bonchev–Trinajstić information content (AvgIpc) is 3.51. The van der Waals surface area contributed by atoms with Gasteiger partial charge in [0.1, 0.15) is 23.1 Å². The summed E-state index contributed by atoms with van der Waals surface area (Å²) >= 11 is 0. The van der Waals surface area contributed by atoms with Gasteiger partial charge in [0, 0.05) is 56.4 Å². The summed E-state index contributed by atoms with van der Waals surface area (Å²) < 4.78 is 2.05. The van der Waals surface area contributed by atoms with Crippen LogP contribution in [-0.4, -0.2) is 71.4 Å². The minimum atomic E-state index is -0.192. The summed E-state index contributed by atoms with van der Waals surface area (Å²) in [4.78, 5) is 39.4. The molecule has 0 atom stereocenters. The number of likely N-dealkylation sites (tertiary alicyclic amines) is 1. The molecule has 6 aromatic rings. The number of imidazole rings is 1. The number of hydrogen-bond donors (Lipinski definition) is 1. The number of benzene rings is 2. The molecule has 1 amide bonds. The molecular weight excluding hydrogens is 588 g/mol. The summed E-state index contributed by atoms with van der Waals surface area (Å²) in [6.07, 6.45) is 4.82. The van der Waals surface area contributed by atoms with Crippen molar-refractivity contribution in [1.82, 2.24) is 39.3 Å². The third-order valence-electron chi connectivity index (χ3n) is 8.65. The highest BCUT2D eigenvalue weighted by Crippen LogP contribution is 2.32. The second-order valence-electron chi connectivity index (χ2n) is 11.6. The normalized spacial score (nSPS) is 13.8. The summed E-state index contributed by atoms with van der Waals surface area (Å²) in [5, 5.41) is 9.09. The Balaban J connectivity index is 1.10. The van der Waals surface area contributed by atoms with E-state index in [4.69, 9.17) is 21.0 Å². The Labute approximate surface area is 272 Å². The molecule has 0 spiro atoms. The first-order valence-corrected chi connectivity index (χ1v) is 15.5. The molecule has 0 aliphatic carbocycles. The van der Waals surface area contributed by atoms with Gasteiger partial charge in [0.2, 0.25) is 5.82 Å². The van der Waals surface area contributed by atoms with Gasteiger partial charge in [-0.25, -0.2) is 24.9 Å². The van der Waals surface area contributed by atoms with Crippen LogP contribution in [-0.2, 0) is 6.54 Å². The number of nitrogens with two attached hydrogens (primary N) is 1. The van der Waals surface area contributed by atoms with Crippen LogP contribution in [0.15, 0.2) is 97.3 Å². The van der Waals surface area contributed by atoms with E-state index in [1.54, 1.807) is 24.2 Å². The number of carbonyl (C=O) groups excluding carboxylic acids is 1. The standard InChI is InChI=1S/C36H32N10O/c1-44(36(47)31-15-19-39-32(22-37)41-31)26-16-20-45(21-17-26)23-24-9-11-27(12-10-24)46-34(28-8-5-18-40-33(28)38)43-30-14-13-29(42-35(30)46)25-6-3-2-4-7-25/h2-15,18-19,26H,16-17,20-21,23H2,1H3,(H2,38,40). The van der Waals surface area contributed by atoms with Crippen molar-refractivity contribution in [3.8, 4) is 34.4 Å². The summed E-state index contributed by atoms with van der Waals surface area (Å²) in [5.74, 6) is 0.894. The first-order valence-electron chi connectivity index (χ1n) is 15.5. The number of carbonyl (C=O) groups is 1. The maximum absolute atomic E-state index is 13.0. The number of fused-ring (bicyclic) bond motifs is 1. The first-order chi connectivity index (χ1) is 23.0. The summed E-state index contributed by atoms with van der Waals surface area (Å²) in [5.41, 5.74) is 12.8. The molecule has 1 aliphatic heterocycles. The van der Waals surface area contributed by atoms with Crippen LogP contribution in [0.2, 0.25) is 0 Å². The molecular formula is C36H32N10O. The van der Waals surface area contributed by atoms with Gasteiger partial charge in [0.15, 0.2) is 11.5 Å². The Morgan fingerprint density at radius 3 is 2.45 bits per heavy atom. The van der Waals surface area contributed by atoms with E-state index in [0.29, 0.717) is 11.6 Å². The van der Waals surface area contributed by atoms with Gasteiger partial charge < -0.3 is 10.6 Å². The molecule has 1 saturated heterocycles. The van der Waals surface area contributed by atoms with E-state index < -0.39 is 0 Å². The smallest absolute Gasteiger partial charge is 0.272 e.